The zero-order valence-corrected chi connectivity index (χ0v) is 12.9. The normalized spacial score (nSPS) is 10.6. The number of ether oxygens (including phenoxy) is 1. The van der Waals surface area contributed by atoms with Gasteiger partial charge in [-0.1, -0.05) is 33.6 Å². The minimum atomic E-state index is 0.558. The molecule has 0 aliphatic rings. The zero-order valence-electron chi connectivity index (χ0n) is 9.74. The lowest BCUT2D eigenvalue weighted by molar-refractivity contribution is 0.185. The maximum absolute atomic E-state index is 5.85. The van der Waals surface area contributed by atoms with Crippen molar-refractivity contribution in [2.45, 2.75) is 13.2 Å². The number of methoxy groups -OCH3 is 1. The lowest BCUT2D eigenvalue weighted by Crippen LogP contribution is -2.03. The number of nitrogens with one attached hydrogen (secondary N) is 1. The summed E-state index contributed by atoms with van der Waals surface area (Å²) in [5.41, 5.74) is 2.14. The molecule has 6 heteroatoms. The van der Waals surface area contributed by atoms with Crippen LogP contribution >= 0.6 is 38.9 Å². The summed E-state index contributed by atoms with van der Waals surface area (Å²) in [6.07, 6.45) is 1.67. The Labute approximate surface area is 123 Å². The SMILES string of the molecule is COCc1c(Br)cccc1NCc1ncc(Cl)s1. The number of anilines is 1. The van der Waals surface area contributed by atoms with Crippen molar-refractivity contribution in [2.24, 2.45) is 0 Å². The van der Waals surface area contributed by atoms with Crippen LogP contribution in [-0.4, -0.2) is 12.1 Å². The average Bonchev–Trinajstić information content (AvgIpc) is 2.76. The fourth-order valence-electron chi connectivity index (χ4n) is 1.56. The van der Waals surface area contributed by atoms with Crippen LogP contribution < -0.4 is 5.32 Å². The Morgan fingerprint density at radius 1 is 1.50 bits per heavy atom. The lowest BCUT2D eigenvalue weighted by Gasteiger charge is -2.12. The predicted molar refractivity (Wildman–Crippen MR) is 79.3 cm³/mol. The van der Waals surface area contributed by atoms with Crippen molar-refractivity contribution < 1.29 is 4.74 Å². The first-order chi connectivity index (χ1) is 8.70. The molecule has 0 amide bonds. The maximum atomic E-state index is 5.85. The van der Waals surface area contributed by atoms with Crippen molar-refractivity contribution in [1.82, 2.24) is 4.98 Å². The van der Waals surface area contributed by atoms with Crippen LogP contribution in [0.3, 0.4) is 0 Å². The Morgan fingerprint density at radius 2 is 2.33 bits per heavy atom. The van der Waals surface area contributed by atoms with Crippen molar-refractivity contribution in [3.8, 4) is 0 Å². The first-order valence-electron chi connectivity index (χ1n) is 5.31. The lowest BCUT2D eigenvalue weighted by atomic mass is 10.2. The molecule has 0 fully saturated rings. The molecule has 2 aromatic rings. The van der Waals surface area contributed by atoms with Crippen LogP contribution in [0.4, 0.5) is 5.69 Å². The van der Waals surface area contributed by atoms with Gasteiger partial charge in [0, 0.05) is 22.8 Å². The Hall–Kier alpha value is -0.620. The standard InChI is InChI=1S/C12H12BrClN2OS/c1-17-7-8-9(13)3-2-4-10(8)15-6-12-16-5-11(14)18-12/h2-5,15H,6-7H2,1H3. The van der Waals surface area contributed by atoms with Gasteiger partial charge in [-0.05, 0) is 12.1 Å². The molecular formula is C12H12BrClN2OS. The van der Waals surface area contributed by atoms with Gasteiger partial charge in [0.25, 0.3) is 0 Å². The fourth-order valence-corrected chi connectivity index (χ4v) is 2.93. The molecule has 1 aromatic heterocycles. The van der Waals surface area contributed by atoms with Gasteiger partial charge in [0.05, 0.1) is 19.3 Å². The topological polar surface area (TPSA) is 34.1 Å². The highest BCUT2D eigenvalue weighted by atomic mass is 79.9. The first kappa shape index (κ1) is 13.8. The summed E-state index contributed by atoms with van der Waals surface area (Å²) in [5.74, 6) is 0. The second-order valence-corrected chi connectivity index (χ2v) is 6.21. The average molecular weight is 348 g/mol. The van der Waals surface area contributed by atoms with Gasteiger partial charge in [-0.25, -0.2) is 4.98 Å². The van der Waals surface area contributed by atoms with Gasteiger partial charge in [-0.2, -0.15) is 0 Å². The van der Waals surface area contributed by atoms with Crippen LogP contribution in [0.15, 0.2) is 28.9 Å². The van der Waals surface area contributed by atoms with E-state index in [1.165, 1.54) is 11.3 Å². The molecule has 1 N–H and O–H groups in total. The smallest absolute Gasteiger partial charge is 0.113 e. The minimum absolute atomic E-state index is 0.558. The molecule has 2 rings (SSSR count). The van der Waals surface area contributed by atoms with Crippen molar-refractivity contribution in [3.63, 3.8) is 0 Å². The molecule has 18 heavy (non-hydrogen) atoms. The molecule has 0 unspecified atom stereocenters. The van der Waals surface area contributed by atoms with Gasteiger partial charge in [0.1, 0.15) is 9.34 Å². The van der Waals surface area contributed by atoms with E-state index in [4.69, 9.17) is 16.3 Å². The second kappa shape index (κ2) is 6.52. The number of benzene rings is 1. The number of aromatic nitrogens is 1. The van der Waals surface area contributed by atoms with Crippen molar-refractivity contribution >= 4 is 44.6 Å². The minimum Gasteiger partial charge on any atom is -0.380 e. The van der Waals surface area contributed by atoms with Crippen LogP contribution in [0.5, 0.6) is 0 Å². The molecule has 3 nitrogen and oxygen atoms in total. The Kier molecular flexibility index (Phi) is 5.00. The largest absolute Gasteiger partial charge is 0.380 e. The van der Waals surface area contributed by atoms with Gasteiger partial charge in [0.15, 0.2) is 0 Å². The van der Waals surface area contributed by atoms with Gasteiger partial charge in [-0.15, -0.1) is 11.3 Å². The van der Waals surface area contributed by atoms with Crippen molar-refractivity contribution in [1.29, 1.82) is 0 Å². The number of hydrogen-bond acceptors (Lipinski definition) is 4. The molecule has 1 heterocycles. The highest BCUT2D eigenvalue weighted by Crippen LogP contribution is 2.26. The van der Waals surface area contributed by atoms with Crippen LogP contribution in [0.1, 0.15) is 10.6 Å². The van der Waals surface area contributed by atoms with E-state index in [1.807, 2.05) is 18.2 Å². The van der Waals surface area contributed by atoms with E-state index in [-0.39, 0.29) is 0 Å². The summed E-state index contributed by atoms with van der Waals surface area (Å²) in [5, 5.41) is 4.31. The summed E-state index contributed by atoms with van der Waals surface area (Å²) in [6, 6.07) is 6.01. The van der Waals surface area contributed by atoms with E-state index in [0.717, 1.165) is 20.7 Å². The molecule has 0 spiro atoms. The van der Waals surface area contributed by atoms with E-state index in [0.29, 0.717) is 17.5 Å². The van der Waals surface area contributed by atoms with Crippen molar-refractivity contribution in [2.75, 3.05) is 12.4 Å². The summed E-state index contributed by atoms with van der Waals surface area (Å²) >= 11 is 10.9. The molecule has 0 radical (unpaired) electrons. The van der Waals surface area contributed by atoms with Gasteiger partial charge < -0.3 is 10.1 Å². The zero-order chi connectivity index (χ0) is 13.0. The monoisotopic (exact) mass is 346 g/mol. The molecule has 0 saturated heterocycles. The van der Waals surface area contributed by atoms with Crippen LogP contribution in [0, 0.1) is 0 Å². The van der Waals surface area contributed by atoms with E-state index in [9.17, 15) is 0 Å². The number of rotatable bonds is 5. The third kappa shape index (κ3) is 3.45. The van der Waals surface area contributed by atoms with E-state index in [1.54, 1.807) is 13.3 Å². The van der Waals surface area contributed by atoms with Gasteiger partial charge >= 0.3 is 0 Å². The van der Waals surface area contributed by atoms with E-state index < -0.39 is 0 Å². The van der Waals surface area contributed by atoms with E-state index in [2.05, 4.69) is 26.2 Å². The first-order valence-corrected chi connectivity index (χ1v) is 7.30. The highest BCUT2D eigenvalue weighted by molar-refractivity contribution is 9.10. The Balaban J connectivity index is 2.11. The summed E-state index contributed by atoms with van der Waals surface area (Å²) in [7, 11) is 1.68. The quantitative estimate of drug-likeness (QED) is 0.874. The maximum Gasteiger partial charge on any atom is 0.113 e. The third-order valence-corrected chi connectivity index (χ3v) is 4.22. The number of thiazole rings is 1. The Bertz CT molecular complexity index is 533. The van der Waals surface area contributed by atoms with E-state index >= 15 is 0 Å². The molecular weight excluding hydrogens is 336 g/mol. The summed E-state index contributed by atoms with van der Waals surface area (Å²) in [4.78, 5) is 4.21. The highest BCUT2D eigenvalue weighted by Gasteiger charge is 2.07. The number of nitrogens with zero attached hydrogens (tertiary/aromatic N) is 1. The molecule has 0 atom stereocenters. The van der Waals surface area contributed by atoms with Crippen LogP contribution in [-0.2, 0) is 17.9 Å². The molecule has 0 aliphatic heterocycles. The number of hydrogen-bond donors (Lipinski definition) is 1. The van der Waals surface area contributed by atoms with Gasteiger partial charge in [0.2, 0.25) is 0 Å². The second-order valence-electron chi connectivity index (χ2n) is 3.61. The molecule has 0 aliphatic carbocycles. The molecule has 0 saturated carbocycles. The number of halogens is 2. The molecule has 0 bridgehead atoms. The summed E-state index contributed by atoms with van der Waals surface area (Å²) < 4.78 is 6.94. The Morgan fingerprint density at radius 3 is 3.00 bits per heavy atom. The molecule has 96 valence electrons. The fraction of sp³-hybridized carbons (Fsp3) is 0.250. The van der Waals surface area contributed by atoms with Crippen LogP contribution in [0.25, 0.3) is 0 Å². The molecule has 1 aromatic carbocycles. The third-order valence-electron chi connectivity index (χ3n) is 2.36. The van der Waals surface area contributed by atoms with Gasteiger partial charge in [-0.3, -0.25) is 0 Å². The summed E-state index contributed by atoms with van der Waals surface area (Å²) in [6.45, 7) is 1.22. The predicted octanol–water partition coefficient (Wildman–Crippen LogP) is 4.32. The van der Waals surface area contributed by atoms with Crippen LogP contribution in [0.2, 0.25) is 4.34 Å². The van der Waals surface area contributed by atoms with Crippen molar-refractivity contribution in [3.05, 3.63) is 43.8 Å².